The lowest BCUT2D eigenvalue weighted by Crippen LogP contribution is -2.49. The number of benzene rings is 1. The third-order valence-electron chi connectivity index (χ3n) is 4.38. The van der Waals surface area contributed by atoms with Gasteiger partial charge in [0.1, 0.15) is 11.9 Å². The van der Waals surface area contributed by atoms with Crippen molar-refractivity contribution in [2.45, 2.75) is 37.6 Å². The summed E-state index contributed by atoms with van der Waals surface area (Å²) in [5, 5.41) is 5.30. The molecular formula is C17H24FN3O4S. The number of rotatable bonds is 6. The SMILES string of the molecule is CCNC(=O)[C@@H](C)NC(=O)C1CCN(S(=O)(=O)c2ccc(F)cc2)CC1. The Balaban J connectivity index is 1.93. The Hall–Kier alpha value is -2.00. The lowest BCUT2D eigenvalue weighted by atomic mass is 9.97. The quantitative estimate of drug-likeness (QED) is 0.759. The highest BCUT2D eigenvalue weighted by Gasteiger charge is 2.32. The second-order valence-corrected chi connectivity index (χ2v) is 8.20. The molecular weight excluding hydrogens is 361 g/mol. The topological polar surface area (TPSA) is 95.6 Å². The van der Waals surface area contributed by atoms with Gasteiger partial charge in [0.2, 0.25) is 21.8 Å². The molecule has 1 heterocycles. The molecule has 7 nitrogen and oxygen atoms in total. The van der Waals surface area contributed by atoms with Gasteiger partial charge >= 0.3 is 0 Å². The lowest BCUT2D eigenvalue weighted by molar-refractivity contribution is -0.131. The molecule has 0 radical (unpaired) electrons. The largest absolute Gasteiger partial charge is 0.355 e. The molecule has 2 amide bonds. The zero-order valence-electron chi connectivity index (χ0n) is 14.9. The smallest absolute Gasteiger partial charge is 0.243 e. The van der Waals surface area contributed by atoms with Crippen LogP contribution in [0.5, 0.6) is 0 Å². The normalized spacial score (nSPS) is 17.5. The summed E-state index contributed by atoms with van der Waals surface area (Å²) in [5.74, 6) is -1.34. The van der Waals surface area contributed by atoms with Crippen molar-refractivity contribution in [3.8, 4) is 0 Å². The summed E-state index contributed by atoms with van der Waals surface area (Å²) < 4.78 is 39.4. The summed E-state index contributed by atoms with van der Waals surface area (Å²) in [6, 6.07) is 4.05. The maximum atomic E-state index is 13.0. The van der Waals surface area contributed by atoms with Gasteiger partial charge < -0.3 is 10.6 Å². The number of carbonyl (C=O) groups is 2. The summed E-state index contributed by atoms with van der Waals surface area (Å²) in [6.07, 6.45) is 0.739. The van der Waals surface area contributed by atoms with E-state index in [-0.39, 0.29) is 35.7 Å². The lowest BCUT2D eigenvalue weighted by Gasteiger charge is -2.31. The van der Waals surface area contributed by atoms with Crippen LogP contribution in [-0.4, -0.2) is 50.2 Å². The van der Waals surface area contributed by atoms with Crippen LogP contribution in [0.2, 0.25) is 0 Å². The maximum Gasteiger partial charge on any atom is 0.243 e. The number of halogens is 1. The Kier molecular flexibility index (Phi) is 6.71. The molecule has 144 valence electrons. The molecule has 1 aliphatic rings. The van der Waals surface area contributed by atoms with Crippen molar-refractivity contribution < 1.29 is 22.4 Å². The molecule has 1 saturated heterocycles. The fourth-order valence-corrected chi connectivity index (χ4v) is 4.31. The second kappa shape index (κ2) is 8.59. The standard InChI is InChI=1S/C17H24FN3O4S/c1-3-19-16(22)12(2)20-17(23)13-8-10-21(11-9-13)26(24,25)15-6-4-14(18)5-7-15/h4-7,12-13H,3,8-11H2,1-2H3,(H,19,22)(H,20,23)/t12-/m1/s1. The van der Waals surface area contributed by atoms with Crippen molar-refractivity contribution in [3.63, 3.8) is 0 Å². The molecule has 26 heavy (non-hydrogen) atoms. The fraction of sp³-hybridized carbons (Fsp3) is 0.529. The summed E-state index contributed by atoms with van der Waals surface area (Å²) in [7, 11) is -3.70. The van der Waals surface area contributed by atoms with Crippen LogP contribution in [0.4, 0.5) is 4.39 Å². The Labute approximate surface area is 153 Å². The predicted octanol–water partition coefficient (Wildman–Crippen LogP) is 0.867. The maximum absolute atomic E-state index is 13.0. The van der Waals surface area contributed by atoms with Crippen LogP contribution in [-0.2, 0) is 19.6 Å². The molecule has 0 saturated carbocycles. The first-order valence-electron chi connectivity index (χ1n) is 8.59. The van der Waals surface area contributed by atoms with Crippen molar-refractivity contribution in [3.05, 3.63) is 30.1 Å². The average molecular weight is 385 g/mol. The van der Waals surface area contributed by atoms with Gasteiger partial charge in [0, 0.05) is 25.6 Å². The molecule has 1 fully saturated rings. The van der Waals surface area contributed by atoms with Gasteiger partial charge in [0.25, 0.3) is 0 Å². The minimum absolute atomic E-state index is 0.0339. The Morgan fingerprint density at radius 2 is 1.81 bits per heavy atom. The van der Waals surface area contributed by atoms with E-state index in [2.05, 4.69) is 10.6 Å². The first-order chi connectivity index (χ1) is 12.3. The van der Waals surface area contributed by atoms with E-state index < -0.39 is 21.9 Å². The molecule has 0 spiro atoms. The Morgan fingerprint density at radius 3 is 2.35 bits per heavy atom. The molecule has 1 aliphatic heterocycles. The van der Waals surface area contributed by atoms with Gasteiger partial charge in [-0.05, 0) is 51.0 Å². The number of sulfonamides is 1. The molecule has 2 N–H and O–H groups in total. The number of hydrogen-bond acceptors (Lipinski definition) is 4. The molecule has 0 aromatic heterocycles. The molecule has 1 aromatic rings. The first-order valence-corrected chi connectivity index (χ1v) is 10.0. The van der Waals surface area contributed by atoms with Crippen molar-refractivity contribution in [1.82, 2.24) is 14.9 Å². The van der Waals surface area contributed by atoms with Crippen LogP contribution < -0.4 is 10.6 Å². The van der Waals surface area contributed by atoms with Gasteiger partial charge in [-0.25, -0.2) is 12.8 Å². The summed E-state index contributed by atoms with van der Waals surface area (Å²) in [6.45, 7) is 4.29. The van der Waals surface area contributed by atoms with E-state index >= 15 is 0 Å². The van der Waals surface area contributed by atoms with E-state index in [9.17, 15) is 22.4 Å². The van der Waals surface area contributed by atoms with E-state index in [1.165, 1.54) is 16.4 Å². The summed E-state index contributed by atoms with van der Waals surface area (Å²) >= 11 is 0. The second-order valence-electron chi connectivity index (χ2n) is 6.26. The van der Waals surface area contributed by atoms with Crippen LogP contribution in [0.3, 0.4) is 0 Å². The number of amides is 2. The molecule has 0 bridgehead atoms. The van der Waals surface area contributed by atoms with Crippen molar-refractivity contribution in [2.24, 2.45) is 5.92 Å². The van der Waals surface area contributed by atoms with Gasteiger partial charge in [0.15, 0.2) is 0 Å². The molecule has 9 heteroatoms. The monoisotopic (exact) mass is 385 g/mol. The minimum Gasteiger partial charge on any atom is -0.355 e. The molecule has 1 aromatic carbocycles. The zero-order valence-corrected chi connectivity index (χ0v) is 15.7. The van der Waals surface area contributed by atoms with E-state index in [0.29, 0.717) is 19.4 Å². The number of nitrogens with one attached hydrogen (secondary N) is 2. The van der Waals surface area contributed by atoms with Gasteiger partial charge in [-0.3, -0.25) is 9.59 Å². The highest BCUT2D eigenvalue weighted by Crippen LogP contribution is 2.24. The number of carbonyl (C=O) groups excluding carboxylic acids is 2. The van der Waals surface area contributed by atoms with Crippen molar-refractivity contribution in [2.75, 3.05) is 19.6 Å². The Bertz CT molecular complexity index is 744. The third-order valence-corrected chi connectivity index (χ3v) is 6.29. The number of piperidine rings is 1. The summed E-state index contributed by atoms with van der Waals surface area (Å²) in [4.78, 5) is 24.0. The zero-order chi connectivity index (χ0) is 19.3. The molecule has 1 atom stereocenters. The number of hydrogen-bond donors (Lipinski definition) is 2. The third kappa shape index (κ3) is 4.79. The van der Waals surface area contributed by atoms with Crippen LogP contribution in [0.25, 0.3) is 0 Å². The van der Waals surface area contributed by atoms with E-state index in [4.69, 9.17) is 0 Å². The van der Waals surface area contributed by atoms with Gasteiger partial charge in [-0.1, -0.05) is 0 Å². The Morgan fingerprint density at radius 1 is 1.23 bits per heavy atom. The molecule has 2 rings (SSSR count). The number of nitrogens with zero attached hydrogens (tertiary/aromatic N) is 1. The summed E-state index contributed by atoms with van der Waals surface area (Å²) in [5.41, 5.74) is 0. The van der Waals surface area contributed by atoms with Crippen LogP contribution in [0.1, 0.15) is 26.7 Å². The van der Waals surface area contributed by atoms with Crippen molar-refractivity contribution >= 4 is 21.8 Å². The van der Waals surface area contributed by atoms with E-state index in [1.807, 2.05) is 0 Å². The van der Waals surface area contributed by atoms with Crippen molar-refractivity contribution in [1.29, 1.82) is 0 Å². The number of likely N-dealkylation sites (N-methyl/N-ethyl adjacent to an activating group) is 1. The first kappa shape index (κ1) is 20.3. The molecule has 0 aliphatic carbocycles. The van der Waals surface area contributed by atoms with E-state index in [1.54, 1.807) is 13.8 Å². The highest BCUT2D eigenvalue weighted by molar-refractivity contribution is 7.89. The van der Waals surface area contributed by atoms with Gasteiger partial charge in [-0.2, -0.15) is 4.31 Å². The molecule has 0 unspecified atom stereocenters. The average Bonchev–Trinajstić information content (AvgIpc) is 2.62. The highest BCUT2D eigenvalue weighted by atomic mass is 32.2. The fourth-order valence-electron chi connectivity index (χ4n) is 2.84. The van der Waals surface area contributed by atoms with Gasteiger partial charge in [-0.15, -0.1) is 0 Å². The van der Waals surface area contributed by atoms with Crippen LogP contribution >= 0.6 is 0 Å². The predicted molar refractivity (Wildman–Crippen MR) is 94.2 cm³/mol. The van der Waals surface area contributed by atoms with Gasteiger partial charge in [0.05, 0.1) is 4.90 Å². The van der Waals surface area contributed by atoms with Crippen LogP contribution in [0, 0.1) is 11.7 Å². The van der Waals surface area contributed by atoms with Crippen LogP contribution in [0.15, 0.2) is 29.2 Å². The van der Waals surface area contributed by atoms with E-state index in [0.717, 1.165) is 12.1 Å². The minimum atomic E-state index is -3.70.